The third-order valence-electron chi connectivity index (χ3n) is 4.57. The fourth-order valence-corrected chi connectivity index (χ4v) is 3.11. The molecule has 0 heterocycles. The predicted molar refractivity (Wildman–Crippen MR) is 170 cm³/mol. The summed E-state index contributed by atoms with van der Waals surface area (Å²) < 4.78 is 8.92. The van der Waals surface area contributed by atoms with Gasteiger partial charge in [0.1, 0.15) is 11.4 Å². The first-order chi connectivity index (χ1) is 18.5. The number of hydrogen-bond donors (Lipinski definition) is 4. The number of rotatable bonds is 14. The number of Topliss-reactive ketones (excluding diaryl/α,β-unsaturated/α-hetero) is 1. The van der Waals surface area contributed by atoms with Crippen molar-refractivity contribution in [2.45, 2.75) is 120 Å². The minimum atomic E-state index is -0.845. The van der Waals surface area contributed by atoms with E-state index in [1.807, 2.05) is 79.7 Å². The number of nitrogens with two attached hydrogens (primary N) is 1. The molecular weight excluding hydrogens is 512 g/mol. The first kappa shape index (κ1) is 44.2. The van der Waals surface area contributed by atoms with Gasteiger partial charge in [-0.1, -0.05) is 84.7 Å². The molecule has 5 N–H and O–H groups in total. The normalized spacial score (nSPS) is 10.5. The molecule has 1 unspecified atom stereocenters. The Kier molecular flexibility index (Phi) is 34.9. The maximum absolute atomic E-state index is 12.1. The van der Waals surface area contributed by atoms with Crippen molar-refractivity contribution in [1.82, 2.24) is 15.5 Å². The Morgan fingerprint density at radius 3 is 2.00 bits per heavy atom. The van der Waals surface area contributed by atoms with Crippen LogP contribution in [0.3, 0.4) is 0 Å². The van der Waals surface area contributed by atoms with Crippen LogP contribution in [-0.4, -0.2) is 48.1 Å². The zero-order valence-corrected chi connectivity index (χ0v) is 27.8. The average molecular weight is 573 g/mol. The van der Waals surface area contributed by atoms with Gasteiger partial charge in [-0.3, -0.25) is 30.4 Å². The fourth-order valence-electron chi connectivity index (χ4n) is 2.43. The van der Waals surface area contributed by atoms with Gasteiger partial charge in [0.05, 0.1) is 6.54 Å². The number of unbranched alkanes of at least 4 members (excludes halogenated alkanes) is 1. The molecule has 1 rings (SSSR count). The minimum Gasteiger partial charge on any atom is -0.366 e. The lowest BCUT2D eigenvalue weighted by atomic mass is 10.1. The van der Waals surface area contributed by atoms with Crippen molar-refractivity contribution in [3.8, 4) is 0 Å². The van der Waals surface area contributed by atoms with Crippen LogP contribution in [0.25, 0.3) is 0 Å². The highest BCUT2D eigenvalue weighted by atomic mass is 32.2. The Balaban J connectivity index is -0.000000434. The molecule has 0 bridgehead atoms. The van der Waals surface area contributed by atoms with E-state index in [2.05, 4.69) is 22.4 Å². The molecule has 1 amide bonds. The molecule has 1 atom stereocenters. The molecule has 9 heteroatoms. The standard InChI is InChI=1S/C21H34N2O3S.C3H8N2O.3C2H6/c1-6-7-13-22-20(25)21(4,5)26-14-12-17(3)23-27-19(24)15-18-10-8-16(2)9-11-18;1-3(6)2-5-4;3*1-2/h8-11,17,23H,6-7,12-15H2,1-5H3,(H,22,25);5H,2,4H2,1H3;3*1-2H3. The number of hydrazine groups is 1. The second kappa shape index (κ2) is 30.8. The number of amides is 1. The van der Waals surface area contributed by atoms with E-state index in [1.165, 1.54) is 12.5 Å². The first-order valence-corrected chi connectivity index (χ1v) is 15.2. The van der Waals surface area contributed by atoms with E-state index in [4.69, 9.17) is 10.6 Å². The quantitative estimate of drug-likeness (QED) is 0.0939. The van der Waals surface area contributed by atoms with Gasteiger partial charge < -0.3 is 10.1 Å². The predicted octanol–water partition coefficient (Wildman–Crippen LogP) is 5.91. The van der Waals surface area contributed by atoms with Crippen molar-refractivity contribution >= 4 is 28.8 Å². The molecule has 0 fully saturated rings. The summed E-state index contributed by atoms with van der Waals surface area (Å²) in [6.07, 6.45) is 3.14. The highest BCUT2D eigenvalue weighted by Crippen LogP contribution is 2.12. The lowest BCUT2D eigenvalue weighted by molar-refractivity contribution is -0.143. The lowest BCUT2D eigenvalue weighted by Gasteiger charge is -2.25. The summed E-state index contributed by atoms with van der Waals surface area (Å²) in [6, 6.07) is 8.11. The molecule has 39 heavy (non-hydrogen) atoms. The SMILES string of the molecule is CC.CC.CC.CC(=O)CNN.CCCCNC(=O)C(C)(C)OCCC(C)NSC(=O)Cc1ccc(C)cc1. The van der Waals surface area contributed by atoms with Crippen LogP contribution < -0.4 is 21.3 Å². The highest BCUT2D eigenvalue weighted by molar-refractivity contribution is 8.12. The van der Waals surface area contributed by atoms with Gasteiger partial charge in [0.25, 0.3) is 5.91 Å². The van der Waals surface area contributed by atoms with E-state index in [0.717, 1.165) is 36.8 Å². The van der Waals surface area contributed by atoms with Crippen molar-refractivity contribution < 1.29 is 19.1 Å². The summed E-state index contributed by atoms with van der Waals surface area (Å²) in [5.74, 6) is 4.73. The third-order valence-corrected chi connectivity index (χ3v) is 5.46. The summed E-state index contributed by atoms with van der Waals surface area (Å²) in [4.78, 5) is 34.1. The van der Waals surface area contributed by atoms with Crippen molar-refractivity contribution in [2.24, 2.45) is 5.84 Å². The number of hydrogen-bond acceptors (Lipinski definition) is 8. The van der Waals surface area contributed by atoms with Crippen LogP contribution in [0.5, 0.6) is 0 Å². The van der Waals surface area contributed by atoms with Gasteiger partial charge >= 0.3 is 0 Å². The topological polar surface area (TPSA) is 123 Å². The van der Waals surface area contributed by atoms with Crippen molar-refractivity contribution in [3.63, 3.8) is 0 Å². The monoisotopic (exact) mass is 572 g/mol. The van der Waals surface area contributed by atoms with Crippen molar-refractivity contribution in [2.75, 3.05) is 19.7 Å². The lowest BCUT2D eigenvalue weighted by Crippen LogP contribution is -2.45. The Hall–Kier alpha value is -1.78. The molecule has 0 aliphatic rings. The maximum Gasteiger partial charge on any atom is 0.251 e. The maximum atomic E-state index is 12.1. The highest BCUT2D eigenvalue weighted by Gasteiger charge is 2.28. The summed E-state index contributed by atoms with van der Waals surface area (Å²) in [5, 5.41) is 2.99. The number of ether oxygens (including phenoxy) is 1. The van der Waals surface area contributed by atoms with Crippen LogP contribution in [0.2, 0.25) is 0 Å². The smallest absolute Gasteiger partial charge is 0.251 e. The van der Waals surface area contributed by atoms with Gasteiger partial charge in [-0.05, 0) is 65.0 Å². The summed E-state index contributed by atoms with van der Waals surface area (Å²) in [5.41, 5.74) is 3.58. The molecule has 1 aromatic carbocycles. The third kappa shape index (κ3) is 29.0. The van der Waals surface area contributed by atoms with E-state index in [9.17, 15) is 14.4 Å². The molecule has 0 aliphatic carbocycles. The number of aryl methyl sites for hydroxylation is 1. The number of carbonyl (C=O) groups is 3. The van der Waals surface area contributed by atoms with Gasteiger partial charge in [0.15, 0.2) is 0 Å². The van der Waals surface area contributed by atoms with E-state index in [0.29, 0.717) is 19.6 Å². The summed E-state index contributed by atoms with van der Waals surface area (Å²) >= 11 is 1.14. The van der Waals surface area contributed by atoms with Crippen LogP contribution >= 0.6 is 11.9 Å². The van der Waals surface area contributed by atoms with Gasteiger partial charge in [-0.2, -0.15) is 0 Å². The van der Waals surface area contributed by atoms with E-state index >= 15 is 0 Å². The van der Waals surface area contributed by atoms with Crippen LogP contribution in [0, 0.1) is 6.92 Å². The second-order valence-electron chi connectivity index (χ2n) is 8.50. The molecule has 1 aromatic rings. The van der Waals surface area contributed by atoms with Gasteiger partial charge in [0.2, 0.25) is 5.12 Å². The molecule has 230 valence electrons. The van der Waals surface area contributed by atoms with Crippen LogP contribution in [0.15, 0.2) is 24.3 Å². The zero-order chi connectivity index (χ0) is 31.3. The molecule has 0 aliphatic heterocycles. The average Bonchev–Trinajstić information content (AvgIpc) is 2.92. The number of ketones is 1. The molecule has 0 aromatic heterocycles. The van der Waals surface area contributed by atoms with Crippen LogP contribution in [0.1, 0.15) is 107 Å². The molecule has 8 nitrogen and oxygen atoms in total. The number of carbonyl (C=O) groups excluding carboxylic acids is 3. The Morgan fingerprint density at radius 1 is 1.03 bits per heavy atom. The summed E-state index contributed by atoms with van der Waals surface area (Å²) in [7, 11) is 0. The van der Waals surface area contributed by atoms with Crippen molar-refractivity contribution in [3.05, 3.63) is 35.4 Å². The van der Waals surface area contributed by atoms with E-state index in [-0.39, 0.29) is 29.4 Å². The molecule has 0 saturated heterocycles. The van der Waals surface area contributed by atoms with E-state index in [1.54, 1.807) is 13.8 Å². The van der Waals surface area contributed by atoms with Crippen LogP contribution in [-0.2, 0) is 25.5 Å². The van der Waals surface area contributed by atoms with Gasteiger partial charge in [-0.25, -0.2) is 0 Å². The van der Waals surface area contributed by atoms with Crippen LogP contribution in [0.4, 0.5) is 0 Å². The Morgan fingerprint density at radius 2 is 1.56 bits per heavy atom. The van der Waals surface area contributed by atoms with Crippen molar-refractivity contribution in [1.29, 1.82) is 0 Å². The Labute approximate surface area is 244 Å². The largest absolute Gasteiger partial charge is 0.366 e. The van der Waals surface area contributed by atoms with Gasteiger partial charge in [0, 0.05) is 25.6 Å². The molecule has 0 radical (unpaired) electrons. The molecular formula is C30H60N4O4S. The minimum absolute atomic E-state index is 0.0532. The molecule has 0 saturated carbocycles. The van der Waals surface area contributed by atoms with E-state index < -0.39 is 5.60 Å². The zero-order valence-electron chi connectivity index (χ0n) is 27.0. The number of nitrogens with one attached hydrogen (secondary N) is 3. The fraction of sp³-hybridized carbons (Fsp3) is 0.700. The first-order valence-electron chi connectivity index (χ1n) is 14.4. The molecule has 0 spiro atoms. The second-order valence-corrected chi connectivity index (χ2v) is 9.39. The summed E-state index contributed by atoms with van der Waals surface area (Å²) in [6.45, 7) is 24.6. The number of benzene rings is 1. The van der Waals surface area contributed by atoms with Gasteiger partial charge in [-0.15, -0.1) is 0 Å². The Bertz CT molecular complexity index is 713.